The predicted octanol–water partition coefficient (Wildman–Crippen LogP) is 3.06. The normalized spacial score (nSPS) is 34.6. The van der Waals surface area contributed by atoms with Gasteiger partial charge in [-0.15, -0.1) is 0 Å². The molecule has 4 fully saturated rings. The SMILES string of the molecule is Cc1cn2nc([C@@H]3CCCCN3C(=O)C3NN(C)C4CCCCC34)cc2nc1C1CC[C@H](N)C1. The van der Waals surface area contributed by atoms with Crippen LogP contribution in [0.25, 0.3) is 5.65 Å². The third-order valence-electron chi connectivity index (χ3n) is 8.99. The number of hydrazine groups is 1. The number of aryl methyl sites for hydroxylation is 1. The number of hydrogen-bond donors (Lipinski definition) is 2. The van der Waals surface area contributed by atoms with E-state index in [9.17, 15) is 4.79 Å². The number of carbonyl (C=O) groups is 1. The molecule has 4 unspecified atom stereocenters. The van der Waals surface area contributed by atoms with Crippen LogP contribution in [0.3, 0.4) is 0 Å². The van der Waals surface area contributed by atoms with Crippen molar-refractivity contribution < 1.29 is 4.79 Å². The molecule has 2 saturated carbocycles. The van der Waals surface area contributed by atoms with Crippen LogP contribution in [-0.2, 0) is 4.79 Å². The lowest BCUT2D eigenvalue weighted by molar-refractivity contribution is -0.138. The first kappa shape index (κ1) is 22.4. The van der Waals surface area contributed by atoms with Crippen molar-refractivity contribution in [3.05, 3.63) is 29.2 Å². The number of fused-ring (bicyclic) bond motifs is 2. The Hall–Kier alpha value is -2.03. The van der Waals surface area contributed by atoms with E-state index in [2.05, 4.69) is 41.6 Å². The van der Waals surface area contributed by atoms with E-state index >= 15 is 0 Å². The Morgan fingerprint density at radius 1 is 1.12 bits per heavy atom. The van der Waals surface area contributed by atoms with Gasteiger partial charge in [0.15, 0.2) is 5.65 Å². The van der Waals surface area contributed by atoms with Gasteiger partial charge in [0.25, 0.3) is 0 Å². The van der Waals surface area contributed by atoms with Crippen molar-refractivity contribution in [2.24, 2.45) is 11.7 Å². The molecule has 4 aliphatic rings. The van der Waals surface area contributed by atoms with Gasteiger partial charge >= 0.3 is 0 Å². The number of nitrogens with two attached hydrogens (primary N) is 1. The summed E-state index contributed by atoms with van der Waals surface area (Å²) in [6.07, 6.45) is 13.3. The van der Waals surface area contributed by atoms with E-state index < -0.39 is 0 Å². The van der Waals surface area contributed by atoms with Gasteiger partial charge < -0.3 is 10.6 Å². The van der Waals surface area contributed by atoms with Gasteiger partial charge in [-0.2, -0.15) is 5.10 Å². The summed E-state index contributed by atoms with van der Waals surface area (Å²) in [4.78, 5) is 21.1. The summed E-state index contributed by atoms with van der Waals surface area (Å²) in [7, 11) is 2.11. The van der Waals surface area contributed by atoms with Crippen LogP contribution in [0.4, 0.5) is 0 Å². The van der Waals surface area contributed by atoms with E-state index in [4.69, 9.17) is 15.8 Å². The quantitative estimate of drug-likeness (QED) is 0.724. The third-order valence-corrected chi connectivity index (χ3v) is 8.99. The van der Waals surface area contributed by atoms with E-state index in [1.165, 1.54) is 30.5 Å². The Bertz CT molecular complexity index is 1070. The van der Waals surface area contributed by atoms with Crippen LogP contribution >= 0.6 is 0 Å². The molecule has 6 rings (SSSR count). The Kier molecular flexibility index (Phi) is 5.86. The van der Waals surface area contributed by atoms with E-state index in [0.717, 1.165) is 62.8 Å². The third kappa shape index (κ3) is 3.84. The Labute approximate surface area is 202 Å². The van der Waals surface area contributed by atoms with Crippen LogP contribution in [-0.4, -0.2) is 62.1 Å². The first-order valence-electron chi connectivity index (χ1n) is 13.4. The monoisotopic (exact) mass is 465 g/mol. The fraction of sp³-hybridized carbons (Fsp3) is 0.731. The largest absolute Gasteiger partial charge is 0.333 e. The van der Waals surface area contributed by atoms with E-state index in [1.54, 1.807) is 0 Å². The molecule has 4 heterocycles. The van der Waals surface area contributed by atoms with Crippen molar-refractivity contribution in [2.75, 3.05) is 13.6 Å². The highest BCUT2D eigenvalue weighted by Crippen LogP contribution is 2.38. The molecule has 0 radical (unpaired) electrons. The minimum atomic E-state index is -0.105. The maximum atomic E-state index is 13.9. The molecule has 2 aromatic heterocycles. The molecule has 2 aliphatic heterocycles. The molecule has 2 aromatic rings. The summed E-state index contributed by atoms with van der Waals surface area (Å²) < 4.78 is 1.92. The van der Waals surface area contributed by atoms with Gasteiger partial charge in [-0.05, 0) is 63.9 Å². The zero-order valence-corrected chi connectivity index (χ0v) is 20.6. The van der Waals surface area contributed by atoms with Crippen molar-refractivity contribution in [1.29, 1.82) is 0 Å². The number of aromatic nitrogens is 3. The molecule has 34 heavy (non-hydrogen) atoms. The number of nitrogens with one attached hydrogen (secondary N) is 1. The fourth-order valence-electron chi connectivity index (χ4n) is 7.22. The highest BCUT2D eigenvalue weighted by Gasteiger charge is 2.47. The number of nitrogens with zero attached hydrogens (tertiary/aromatic N) is 5. The van der Waals surface area contributed by atoms with Crippen LogP contribution in [0.2, 0.25) is 0 Å². The molecular formula is C26H39N7O. The maximum absolute atomic E-state index is 13.9. The number of piperidine rings is 1. The Balaban J connectivity index is 1.28. The molecule has 1 amide bonds. The highest BCUT2D eigenvalue weighted by atomic mass is 16.2. The zero-order valence-electron chi connectivity index (χ0n) is 20.6. The van der Waals surface area contributed by atoms with Crippen LogP contribution in [0, 0.1) is 12.8 Å². The number of amides is 1. The number of rotatable bonds is 3. The van der Waals surface area contributed by atoms with Gasteiger partial charge in [0.1, 0.15) is 6.04 Å². The second-order valence-electron chi connectivity index (χ2n) is 11.2. The van der Waals surface area contributed by atoms with Gasteiger partial charge in [-0.3, -0.25) is 4.79 Å². The lowest BCUT2D eigenvalue weighted by Gasteiger charge is -2.37. The predicted molar refractivity (Wildman–Crippen MR) is 131 cm³/mol. The number of likely N-dealkylation sites (tertiary alicyclic amines) is 1. The Morgan fingerprint density at radius 2 is 1.94 bits per heavy atom. The van der Waals surface area contributed by atoms with E-state index in [-0.39, 0.29) is 24.0 Å². The summed E-state index contributed by atoms with van der Waals surface area (Å²) in [6, 6.07) is 2.81. The second-order valence-corrected chi connectivity index (χ2v) is 11.2. The van der Waals surface area contributed by atoms with Crippen LogP contribution < -0.4 is 11.2 Å². The van der Waals surface area contributed by atoms with Crippen molar-refractivity contribution in [2.45, 2.75) is 101 Å². The summed E-state index contributed by atoms with van der Waals surface area (Å²) in [5.74, 6) is 1.12. The molecule has 6 atom stereocenters. The smallest absolute Gasteiger partial charge is 0.241 e. The molecule has 184 valence electrons. The lowest BCUT2D eigenvalue weighted by Crippen LogP contribution is -2.50. The van der Waals surface area contributed by atoms with Crippen molar-refractivity contribution in [1.82, 2.24) is 29.9 Å². The zero-order chi connectivity index (χ0) is 23.4. The summed E-state index contributed by atoms with van der Waals surface area (Å²) in [5.41, 5.74) is 13.9. The summed E-state index contributed by atoms with van der Waals surface area (Å²) >= 11 is 0. The Morgan fingerprint density at radius 3 is 2.76 bits per heavy atom. The van der Waals surface area contributed by atoms with Crippen molar-refractivity contribution in [3.8, 4) is 0 Å². The maximum Gasteiger partial charge on any atom is 0.241 e. The van der Waals surface area contributed by atoms with Gasteiger partial charge in [0.05, 0.1) is 17.4 Å². The van der Waals surface area contributed by atoms with E-state index in [1.807, 2.05) is 4.52 Å². The van der Waals surface area contributed by atoms with Crippen LogP contribution in [0.15, 0.2) is 12.3 Å². The van der Waals surface area contributed by atoms with Gasteiger partial charge in [0.2, 0.25) is 5.91 Å². The van der Waals surface area contributed by atoms with Crippen LogP contribution in [0.5, 0.6) is 0 Å². The standard InChI is InChI=1S/C26H39N7O/c1-16-15-33-23(28-24(16)17-10-11-18(27)13-17)14-20(29-33)22-9-5-6-12-32(22)26(34)25-19-7-3-4-8-21(19)31(2)30-25/h14-15,17-19,21-22,25,30H,3-13,27H2,1-2H3/t17?,18-,19?,21?,22-,25?/m0/s1. The molecule has 3 N–H and O–H groups in total. The average Bonchev–Trinajstić information content (AvgIpc) is 3.55. The van der Waals surface area contributed by atoms with Crippen molar-refractivity contribution >= 4 is 11.6 Å². The molecule has 0 bridgehead atoms. The minimum Gasteiger partial charge on any atom is -0.333 e. The van der Waals surface area contributed by atoms with Crippen molar-refractivity contribution in [3.63, 3.8) is 0 Å². The van der Waals surface area contributed by atoms with E-state index in [0.29, 0.717) is 17.9 Å². The molecule has 0 spiro atoms. The molecule has 8 nitrogen and oxygen atoms in total. The topological polar surface area (TPSA) is 91.8 Å². The summed E-state index contributed by atoms with van der Waals surface area (Å²) in [5, 5.41) is 7.15. The molecule has 8 heteroatoms. The van der Waals surface area contributed by atoms with Gasteiger partial charge in [0, 0.05) is 49.8 Å². The fourth-order valence-corrected chi connectivity index (χ4v) is 7.22. The van der Waals surface area contributed by atoms with Gasteiger partial charge in [-0.1, -0.05) is 12.8 Å². The van der Waals surface area contributed by atoms with Crippen LogP contribution in [0.1, 0.15) is 93.1 Å². The van der Waals surface area contributed by atoms with Gasteiger partial charge in [-0.25, -0.2) is 19.9 Å². The molecular weight excluding hydrogens is 426 g/mol. The highest BCUT2D eigenvalue weighted by molar-refractivity contribution is 5.83. The number of carbonyl (C=O) groups excluding carboxylic acids is 1. The first-order valence-corrected chi connectivity index (χ1v) is 13.4. The number of hydrogen-bond acceptors (Lipinski definition) is 6. The average molecular weight is 466 g/mol. The molecule has 2 saturated heterocycles. The molecule has 0 aromatic carbocycles. The molecule has 2 aliphatic carbocycles. The lowest BCUT2D eigenvalue weighted by atomic mass is 9.80. The summed E-state index contributed by atoms with van der Waals surface area (Å²) in [6.45, 7) is 2.95. The second kappa shape index (κ2) is 8.88. The minimum absolute atomic E-state index is 0.0290. The first-order chi connectivity index (χ1) is 16.5.